The van der Waals surface area contributed by atoms with Gasteiger partial charge in [0.05, 0.1) is 30.5 Å². The van der Waals surface area contributed by atoms with Crippen molar-refractivity contribution in [3.63, 3.8) is 0 Å². The molecule has 236 valence electrons. The Labute approximate surface area is 261 Å². The lowest BCUT2D eigenvalue weighted by atomic mass is 10.00. The van der Waals surface area contributed by atoms with Gasteiger partial charge in [-0.25, -0.2) is 4.79 Å². The van der Waals surface area contributed by atoms with Gasteiger partial charge in [0.15, 0.2) is 0 Å². The number of nitrogens with zero attached hydrogens (tertiary/aromatic N) is 3. The Bertz CT molecular complexity index is 1550. The molecule has 2 saturated heterocycles. The van der Waals surface area contributed by atoms with Crippen LogP contribution in [0.25, 0.3) is 0 Å². The Kier molecular flexibility index (Phi) is 8.86. The third-order valence-electron chi connectivity index (χ3n) is 8.70. The van der Waals surface area contributed by atoms with E-state index in [1.165, 1.54) is 23.1 Å². The Morgan fingerprint density at radius 3 is 2.42 bits per heavy atom. The van der Waals surface area contributed by atoms with Gasteiger partial charge in [0.25, 0.3) is 5.91 Å². The van der Waals surface area contributed by atoms with E-state index >= 15 is 0 Å². The predicted molar refractivity (Wildman–Crippen MR) is 162 cm³/mol. The lowest BCUT2D eigenvalue weighted by Crippen LogP contribution is -2.46. The fourth-order valence-corrected chi connectivity index (χ4v) is 5.99. The number of likely N-dealkylation sites (tertiary alicyclic amines) is 1. The minimum absolute atomic E-state index is 0.0936. The molecule has 45 heavy (non-hydrogen) atoms. The maximum absolute atomic E-state index is 13.0. The second-order valence-corrected chi connectivity index (χ2v) is 12.1. The number of benzene rings is 2. The van der Waals surface area contributed by atoms with Crippen molar-refractivity contribution >= 4 is 23.8 Å². The normalized spacial score (nSPS) is 21.0. The van der Waals surface area contributed by atoms with E-state index in [-0.39, 0.29) is 30.8 Å². The number of carbonyl (C=O) groups is 4. The molecule has 1 aliphatic carbocycles. The maximum atomic E-state index is 13.0. The molecule has 3 aliphatic rings. The summed E-state index contributed by atoms with van der Waals surface area (Å²) >= 11 is 0. The van der Waals surface area contributed by atoms with E-state index in [0.29, 0.717) is 48.9 Å². The third-order valence-corrected chi connectivity index (χ3v) is 8.70. The summed E-state index contributed by atoms with van der Waals surface area (Å²) in [5.74, 6) is -0.538. The van der Waals surface area contributed by atoms with Gasteiger partial charge in [0.1, 0.15) is 30.3 Å². The Morgan fingerprint density at radius 1 is 1.02 bits per heavy atom. The van der Waals surface area contributed by atoms with Gasteiger partial charge in [0, 0.05) is 19.8 Å². The number of aromatic nitrogens is 2. The SMILES string of the molecule is C[C@H](NC(=O)c1ccnn1C)[C@H](Oc1ccc(C(=O)O[C@H]2CCCN(C(=O)[C@H]3COC(=O)C3)C2)cc1)c1ccc(C2CC2)cc1. The van der Waals surface area contributed by atoms with Crippen molar-refractivity contribution < 1.29 is 33.4 Å². The highest BCUT2D eigenvalue weighted by molar-refractivity contribution is 5.92. The second-order valence-electron chi connectivity index (χ2n) is 12.1. The molecule has 3 aromatic rings. The highest BCUT2D eigenvalue weighted by atomic mass is 16.5. The summed E-state index contributed by atoms with van der Waals surface area (Å²) in [6.45, 7) is 2.86. The van der Waals surface area contributed by atoms with Gasteiger partial charge in [0.2, 0.25) is 5.91 Å². The average Bonchev–Trinajstić information content (AvgIpc) is 3.66. The largest absolute Gasteiger partial charge is 0.484 e. The van der Waals surface area contributed by atoms with Gasteiger partial charge in [-0.2, -0.15) is 5.10 Å². The first-order chi connectivity index (χ1) is 21.7. The fraction of sp³-hybridized carbons (Fsp3) is 0.441. The molecule has 3 fully saturated rings. The van der Waals surface area contributed by atoms with Crippen LogP contribution in [0.3, 0.4) is 0 Å². The summed E-state index contributed by atoms with van der Waals surface area (Å²) in [5.41, 5.74) is 3.04. The quantitative estimate of drug-likeness (QED) is 0.340. The van der Waals surface area contributed by atoms with Crippen molar-refractivity contribution in [3.8, 4) is 5.75 Å². The molecule has 2 aromatic carbocycles. The molecular weight excluding hydrogens is 576 g/mol. The molecule has 3 heterocycles. The van der Waals surface area contributed by atoms with Crippen LogP contribution in [0.1, 0.15) is 83.0 Å². The number of nitrogens with one attached hydrogen (secondary N) is 1. The van der Waals surface area contributed by atoms with Crippen LogP contribution in [-0.2, 0) is 26.1 Å². The number of piperidine rings is 1. The molecule has 1 N–H and O–H groups in total. The van der Waals surface area contributed by atoms with Crippen molar-refractivity contribution in [2.24, 2.45) is 13.0 Å². The molecule has 0 unspecified atom stereocenters. The lowest BCUT2D eigenvalue weighted by Gasteiger charge is -2.33. The first-order valence-corrected chi connectivity index (χ1v) is 15.6. The lowest BCUT2D eigenvalue weighted by molar-refractivity contribution is -0.139. The molecule has 1 aromatic heterocycles. The molecule has 0 bridgehead atoms. The minimum Gasteiger partial charge on any atom is -0.484 e. The number of ether oxygens (including phenoxy) is 3. The molecule has 6 rings (SSSR count). The van der Waals surface area contributed by atoms with Crippen LogP contribution in [0.2, 0.25) is 0 Å². The van der Waals surface area contributed by atoms with E-state index in [2.05, 4.69) is 22.5 Å². The number of rotatable bonds is 10. The summed E-state index contributed by atoms with van der Waals surface area (Å²) in [4.78, 5) is 51.9. The molecule has 0 radical (unpaired) electrons. The van der Waals surface area contributed by atoms with Crippen molar-refractivity contribution in [2.45, 2.75) is 63.2 Å². The maximum Gasteiger partial charge on any atom is 0.338 e. The molecular formula is C34H38N4O7. The Balaban J connectivity index is 1.10. The van der Waals surface area contributed by atoms with E-state index in [1.54, 1.807) is 48.5 Å². The van der Waals surface area contributed by atoms with Gasteiger partial charge in [-0.05, 0) is 80.0 Å². The molecule has 4 atom stereocenters. The second kappa shape index (κ2) is 13.1. The highest BCUT2D eigenvalue weighted by Crippen LogP contribution is 2.40. The van der Waals surface area contributed by atoms with E-state index in [1.807, 2.05) is 19.1 Å². The monoisotopic (exact) mass is 614 g/mol. The smallest absolute Gasteiger partial charge is 0.338 e. The van der Waals surface area contributed by atoms with Crippen LogP contribution in [0.5, 0.6) is 5.75 Å². The molecule has 2 amide bonds. The number of hydrogen-bond acceptors (Lipinski definition) is 8. The number of aryl methyl sites for hydroxylation is 1. The Hall–Kier alpha value is -4.67. The number of hydrogen-bond donors (Lipinski definition) is 1. The number of carbonyl (C=O) groups excluding carboxylic acids is 4. The van der Waals surface area contributed by atoms with Crippen LogP contribution in [0.4, 0.5) is 0 Å². The van der Waals surface area contributed by atoms with Crippen LogP contribution in [0, 0.1) is 5.92 Å². The molecule has 11 heteroatoms. The van der Waals surface area contributed by atoms with Crippen molar-refractivity contribution in [2.75, 3.05) is 19.7 Å². The Morgan fingerprint density at radius 2 is 1.78 bits per heavy atom. The van der Waals surface area contributed by atoms with Crippen LogP contribution >= 0.6 is 0 Å². The van der Waals surface area contributed by atoms with Gasteiger partial charge < -0.3 is 24.4 Å². The van der Waals surface area contributed by atoms with Crippen LogP contribution < -0.4 is 10.1 Å². The molecule has 0 spiro atoms. The van der Waals surface area contributed by atoms with E-state index in [0.717, 1.165) is 5.56 Å². The zero-order valence-corrected chi connectivity index (χ0v) is 25.5. The fourth-order valence-electron chi connectivity index (χ4n) is 5.99. The molecule has 1 saturated carbocycles. The molecule has 2 aliphatic heterocycles. The van der Waals surface area contributed by atoms with Gasteiger partial charge in [-0.3, -0.25) is 19.1 Å². The zero-order chi connectivity index (χ0) is 31.5. The summed E-state index contributed by atoms with van der Waals surface area (Å²) in [7, 11) is 1.72. The zero-order valence-electron chi connectivity index (χ0n) is 25.5. The van der Waals surface area contributed by atoms with Crippen molar-refractivity contribution in [1.82, 2.24) is 20.0 Å². The van der Waals surface area contributed by atoms with E-state index < -0.39 is 30.1 Å². The van der Waals surface area contributed by atoms with E-state index in [4.69, 9.17) is 14.2 Å². The van der Waals surface area contributed by atoms with Gasteiger partial charge in [-0.15, -0.1) is 0 Å². The van der Waals surface area contributed by atoms with Gasteiger partial charge >= 0.3 is 11.9 Å². The topological polar surface area (TPSA) is 129 Å². The number of esters is 2. The number of cyclic esters (lactones) is 1. The predicted octanol–water partition coefficient (Wildman–Crippen LogP) is 3.95. The minimum atomic E-state index is -0.500. The van der Waals surface area contributed by atoms with Gasteiger partial charge in [-0.1, -0.05) is 24.3 Å². The molecule has 11 nitrogen and oxygen atoms in total. The van der Waals surface area contributed by atoms with Crippen LogP contribution in [-0.4, -0.2) is 70.3 Å². The first kappa shape index (κ1) is 30.4. The third kappa shape index (κ3) is 7.19. The van der Waals surface area contributed by atoms with Crippen molar-refractivity contribution in [3.05, 3.63) is 83.2 Å². The average molecular weight is 615 g/mol. The summed E-state index contributed by atoms with van der Waals surface area (Å²) in [6.07, 6.45) is 4.51. The van der Waals surface area contributed by atoms with Crippen molar-refractivity contribution in [1.29, 1.82) is 0 Å². The first-order valence-electron chi connectivity index (χ1n) is 15.6. The van der Waals surface area contributed by atoms with Crippen LogP contribution in [0.15, 0.2) is 60.8 Å². The standard InChI is InChI=1S/C34H38N4O7/c1-21(36-32(40)29-15-16-35-37(29)2)31(24-9-7-23(8-10-24)22-5-6-22)44-27-13-11-25(12-14-27)34(42)45-28-4-3-17-38(19-28)33(41)26-18-30(39)43-20-26/h7-16,21-22,26,28,31H,3-6,17-20H2,1-2H3,(H,36,40)/t21-,26+,28-,31-/m0/s1. The highest BCUT2D eigenvalue weighted by Gasteiger charge is 2.36. The summed E-state index contributed by atoms with van der Waals surface area (Å²) < 4.78 is 18.7. The summed E-state index contributed by atoms with van der Waals surface area (Å²) in [5, 5.41) is 7.14. The van der Waals surface area contributed by atoms with E-state index in [9.17, 15) is 19.2 Å². The summed E-state index contributed by atoms with van der Waals surface area (Å²) in [6, 6.07) is 16.3. The number of amides is 2.